The molecule has 0 aliphatic heterocycles. The molecule has 1 unspecified atom stereocenters. The minimum atomic E-state index is -1.04. The number of hydrogen-bond donors (Lipinski definition) is 3. The summed E-state index contributed by atoms with van der Waals surface area (Å²) in [6.45, 7) is 7.45. The molecule has 1 rings (SSSR count). The number of amides is 2. The van der Waals surface area contributed by atoms with Crippen molar-refractivity contribution in [2.45, 2.75) is 46.7 Å². The summed E-state index contributed by atoms with van der Waals surface area (Å²) in [6.07, 6.45) is 0.668. The predicted octanol–water partition coefficient (Wildman–Crippen LogP) is 1.59. The Morgan fingerprint density at radius 1 is 1.40 bits per heavy atom. The number of carbonyl (C=O) groups excluding carboxylic acids is 1. The molecular weight excluding hydrogens is 262 g/mol. The standard InChI is InChI=1S/C13H21N3O4/c1-5-7(2)11(12(17)18)15-13(19)14-6-10-8(3)16-20-9(10)4/h7,11H,5-6H2,1-4H3,(H,17,18)(H2,14,15,19)/t7?,11-/m0/s1. The monoisotopic (exact) mass is 283 g/mol. The van der Waals surface area contributed by atoms with E-state index in [0.29, 0.717) is 17.9 Å². The summed E-state index contributed by atoms with van der Waals surface area (Å²) >= 11 is 0. The summed E-state index contributed by atoms with van der Waals surface area (Å²) in [5.41, 5.74) is 1.51. The van der Waals surface area contributed by atoms with Gasteiger partial charge in [-0.05, 0) is 19.8 Å². The van der Waals surface area contributed by atoms with Crippen LogP contribution in [0.5, 0.6) is 0 Å². The number of carboxylic acid groups (broad SMARTS) is 1. The van der Waals surface area contributed by atoms with Crippen molar-refractivity contribution in [1.29, 1.82) is 0 Å². The molecule has 0 aliphatic carbocycles. The van der Waals surface area contributed by atoms with Gasteiger partial charge in [0.15, 0.2) is 0 Å². The summed E-state index contributed by atoms with van der Waals surface area (Å²) in [5.74, 6) is -0.538. The molecular formula is C13H21N3O4. The fourth-order valence-electron chi connectivity index (χ4n) is 1.80. The molecule has 112 valence electrons. The number of urea groups is 1. The Hall–Kier alpha value is -2.05. The van der Waals surface area contributed by atoms with Gasteiger partial charge in [0.25, 0.3) is 0 Å². The number of nitrogens with zero attached hydrogens (tertiary/aromatic N) is 1. The van der Waals surface area contributed by atoms with E-state index < -0.39 is 18.0 Å². The van der Waals surface area contributed by atoms with Crippen molar-refractivity contribution in [3.8, 4) is 0 Å². The molecule has 0 saturated heterocycles. The minimum Gasteiger partial charge on any atom is -0.480 e. The lowest BCUT2D eigenvalue weighted by Gasteiger charge is -2.20. The van der Waals surface area contributed by atoms with E-state index in [9.17, 15) is 9.59 Å². The number of carboxylic acids is 1. The summed E-state index contributed by atoms with van der Waals surface area (Å²) in [6, 6.07) is -1.41. The van der Waals surface area contributed by atoms with Crippen LogP contribution in [0.25, 0.3) is 0 Å². The van der Waals surface area contributed by atoms with Crippen LogP contribution in [0, 0.1) is 19.8 Å². The van der Waals surface area contributed by atoms with Gasteiger partial charge >= 0.3 is 12.0 Å². The van der Waals surface area contributed by atoms with Gasteiger partial charge in [-0.3, -0.25) is 0 Å². The van der Waals surface area contributed by atoms with Crippen molar-refractivity contribution in [2.24, 2.45) is 5.92 Å². The first kappa shape index (κ1) is 16.0. The van der Waals surface area contributed by atoms with Crippen LogP contribution >= 0.6 is 0 Å². The van der Waals surface area contributed by atoms with Crippen LogP contribution in [0.4, 0.5) is 4.79 Å². The molecule has 1 aromatic rings. The number of aryl methyl sites for hydroxylation is 2. The highest BCUT2D eigenvalue weighted by molar-refractivity contribution is 5.82. The largest absolute Gasteiger partial charge is 0.480 e. The molecule has 7 nitrogen and oxygen atoms in total. The zero-order valence-electron chi connectivity index (χ0n) is 12.2. The zero-order valence-corrected chi connectivity index (χ0v) is 12.2. The third kappa shape index (κ3) is 3.97. The molecule has 0 radical (unpaired) electrons. The number of nitrogens with one attached hydrogen (secondary N) is 2. The second kappa shape index (κ2) is 6.93. The Labute approximate surface area is 117 Å². The smallest absolute Gasteiger partial charge is 0.326 e. The van der Waals surface area contributed by atoms with Gasteiger partial charge < -0.3 is 20.3 Å². The number of rotatable bonds is 6. The van der Waals surface area contributed by atoms with Gasteiger partial charge in [0.1, 0.15) is 11.8 Å². The van der Waals surface area contributed by atoms with E-state index in [2.05, 4.69) is 15.8 Å². The van der Waals surface area contributed by atoms with Crippen LogP contribution in [-0.2, 0) is 11.3 Å². The van der Waals surface area contributed by atoms with E-state index in [-0.39, 0.29) is 12.5 Å². The normalized spacial score (nSPS) is 13.6. The second-order valence-electron chi connectivity index (χ2n) is 4.83. The lowest BCUT2D eigenvalue weighted by molar-refractivity contribution is -0.140. The van der Waals surface area contributed by atoms with Crippen molar-refractivity contribution in [3.63, 3.8) is 0 Å². The van der Waals surface area contributed by atoms with Crippen LogP contribution in [0.15, 0.2) is 4.52 Å². The maximum Gasteiger partial charge on any atom is 0.326 e. The van der Waals surface area contributed by atoms with Crippen molar-refractivity contribution >= 4 is 12.0 Å². The van der Waals surface area contributed by atoms with Gasteiger partial charge in [0.2, 0.25) is 0 Å². The van der Waals surface area contributed by atoms with Crippen LogP contribution in [0.1, 0.15) is 37.3 Å². The number of carbonyl (C=O) groups is 2. The van der Waals surface area contributed by atoms with Crippen LogP contribution in [-0.4, -0.2) is 28.3 Å². The van der Waals surface area contributed by atoms with Gasteiger partial charge in [0, 0.05) is 12.1 Å². The Morgan fingerprint density at radius 2 is 2.05 bits per heavy atom. The summed E-state index contributed by atoms with van der Waals surface area (Å²) in [7, 11) is 0. The Morgan fingerprint density at radius 3 is 2.50 bits per heavy atom. The highest BCUT2D eigenvalue weighted by Gasteiger charge is 2.25. The van der Waals surface area contributed by atoms with E-state index in [1.165, 1.54) is 0 Å². The summed E-state index contributed by atoms with van der Waals surface area (Å²) < 4.78 is 4.99. The SMILES string of the molecule is CCC(C)[C@H](NC(=O)NCc1c(C)noc1C)C(=O)O. The maximum atomic E-state index is 11.8. The Bertz CT molecular complexity index is 464. The van der Waals surface area contributed by atoms with E-state index >= 15 is 0 Å². The lowest BCUT2D eigenvalue weighted by Crippen LogP contribution is -2.48. The summed E-state index contributed by atoms with van der Waals surface area (Å²) in [5, 5.41) is 18.0. The molecule has 0 aliphatic rings. The molecule has 0 aromatic carbocycles. The van der Waals surface area contributed by atoms with E-state index in [4.69, 9.17) is 9.63 Å². The zero-order chi connectivity index (χ0) is 15.3. The topological polar surface area (TPSA) is 104 Å². The fourth-order valence-corrected chi connectivity index (χ4v) is 1.80. The second-order valence-corrected chi connectivity index (χ2v) is 4.83. The number of aromatic nitrogens is 1. The number of hydrogen-bond acceptors (Lipinski definition) is 4. The average Bonchev–Trinajstić information content (AvgIpc) is 2.72. The van der Waals surface area contributed by atoms with E-state index in [1.807, 2.05) is 6.92 Å². The van der Waals surface area contributed by atoms with Crippen molar-refractivity contribution in [1.82, 2.24) is 15.8 Å². The molecule has 0 bridgehead atoms. The first-order chi connectivity index (χ1) is 9.36. The lowest BCUT2D eigenvalue weighted by atomic mass is 9.99. The molecule has 2 atom stereocenters. The molecule has 3 N–H and O–H groups in total. The molecule has 0 saturated carbocycles. The Balaban J connectivity index is 2.57. The predicted molar refractivity (Wildman–Crippen MR) is 72.2 cm³/mol. The van der Waals surface area contributed by atoms with Crippen LogP contribution < -0.4 is 10.6 Å². The van der Waals surface area contributed by atoms with Crippen LogP contribution in [0.2, 0.25) is 0 Å². The van der Waals surface area contributed by atoms with Gasteiger partial charge in [-0.15, -0.1) is 0 Å². The quantitative estimate of drug-likeness (QED) is 0.735. The average molecular weight is 283 g/mol. The molecule has 7 heteroatoms. The van der Waals surface area contributed by atoms with Crippen molar-refractivity contribution in [3.05, 3.63) is 17.0 Å². The molecule has 20 heavy (non-hydrogen) atoms. The minimum absolute atomic E-state index is 0.141. The maximum absolute atomic E-state index is 11.8. The molecule has 0 fully saturated rings. The molecule has 2 amide bonds. The van der Waals surface area contributed by atoms with E-state index in [1.54, 1.807) is 20.8 Å². The number of aliphatic carboxylic acids is 1. The van der Waals surface area contributed by atoms with Crippen LogP contribution in [0.3, 0.4) is 0 Å². The molecule has 0 spiro atoms. The first-order valence-electron chi connectivity index (χ1n) is 6.55. The van der Waals surface area contributed by atoms with Crippen molar-refractivity contribution in [2.75, 3.05) is 0 Å². The Kier molecular flexibility index (Phi) is 5.54. The summed E-state index contributed by atoms with van der Waals surface area (Å²) in [4.78, 5) is 22.9. The highest BCUT2D eigenvalue weighted by atomic mass is 16.5. The van der Waals surface area contributed by atoms with Crippen molar-refractivity contribution < 1.29 is 19.2 Å². The molecule has 1 aromatic heterocycles. The van der Waals surface area contributed by atoms with Gasteiger partial charge in [-0.1, -0.05) is 25.4 Å². The van der Waals surface area contributed by atoms with Gasteiger partial charge in [-0.25, -0.2) is 9.59 Å². The third-order valence-corrected chi connectivity index (χ3v) is 3.37. The molecule has 1 heterocycles. The first-order valence-corrected chi connectivity index (χ1v) is 6.55. The van der Waals surface area contributed by atoms with Gasteiger partial charge in [-0.2, -0.15) is 0 Å². The third-order valence-electron chi connectivity index (χ3n) is 3.37. The highest BCUT2D eigenvalue weighted by Crippen LogP contribution is 2.11. The van der Waals surface area contributed by atoms with Gasteiger partial charge in [0.05, 0.1) is 5.69 Å². The van der Waals surface area contributed by atoms with E-state index in [0.717, 1.165) is 5.56 Å². The fraction of sp³-hybridized carbons (Fsp3) is 0.615.